The van der Waals surface area contributed by atoms with E-state index in [0.717, 1.165) is 0 Å². The molecule has 68 valence electrons. The summed E-state index contributed by atoms with van der Waals surface area (Å²) < 4.78 is 27.7. The molecule has 0 saturated heterocycles. The summed E-state index contributed by atoms with van der Waals surface area (Å²) in [7, 11) is 0. The van der Waals surface area contributed by atoms with Gasteiger partial charge < -0.3 is 10.5 Å². The molecular weight excluding hydrogens is 168 g/mol. The second-order valence-corrected chi connectivity index (χ2v) is 1.86. The van der Waals surface area contributed by atoms with Gasteiger partial charge in [-0.2, -0.15) is 0 Å². The van der Waals surface area contributed by atoms with Crippen molar-refractivity contribution in [2.75, 3.05) is 6.61 Å². The fraction of sp³-hybridized carbons (Fsp3) is 0.286. The minimum absolute atomic E-state index is 0.0220. The van der Waals surface area contributed by atoms with Gasteiger partial charge in [0.15, 0.2) is 0 Å². The van der Waals surface area contributed by atoms with E-state index in [-0.39, 0.29) is 6.61 Å². The van der Waals surface area contributed by atoms with Crippen molar-refractivity contribution in [1.29, 1.82) is 0 Å². The van der Waals surface area contributed by atoms with Gasteiger partial charge >= 0.3 is 5.97 Å². The van der Waals surface area contributed by atoms with E-state index in [1.807, 2.05) is 0 Å². The Morgan fingerprint density at radius 3 is 2.67 bits per heavy atom. The van der Waals surface area contributed by atoms with E-state index in [1.165, 1.54) is 6.08 Å². The lowest BCUT2D eigenvalue weighted by Crippen LogP contribution is -2.11. The molecule has 0 bridgehead atoms. The number of nitrogens with two attached hydrogens (primary N) is 1. The summed E-state index contributed by atoms with van der Waals surface area (Å²) >= 11 is 0. The number of alkyl halides is 2. The minimum Gasteiger partial charge on any atom is -0.458 e. The zero-order valence-corrected chi connectivity index (χ0v) is 6.30. The average Bonchev–Trinajstić information content (AvgIpc) is 2.00. The molecule has 0 saturated carbocycles. The fourth-order valence-electron chi connectivity index (χ4n) is 0.382. The SMILES string of the molecule is C=CCOC(=O)/C=C(\N)C(F)F. The van der Waals surface area contributed by atoms with Crippen LogP contribution in [0.25, 0.3) is 0 Å². The van der Waals surface area contributed by atoms with Crippen molar-refractivity contribution in [2.24, 2.45) is 5.73 Å². The highest BCUT2D eigenvalue weighted by molar-refractivity contribution is 5.82. The van der Waals surface area contributed by atoms with Crippen LogP contribution in [0.5, 0.6) is 0 Å². The van der Waals surface area contributed by atoms with Gasteiger partial charge in [0, 0.05) is 6.08 Å². The molecule has 0 spiro atoms. The van der Waals surface area contributed by atoms with Crippen LogP contribution in [0.2, 0.25) is 0 Å². The van der Waals surface area contributed by atoms with E-state index in [1.54, 1.807) is 0 Å². The summed E-state index contributed by atoms with van der Waals surface area (Å²) in [6, 6.07) is 0. The zero-order valence-electron chi connectivity index (χ0n) is 6.30. The average molecular weight is 177 g/mol. The molecule has 2 N–H and O–H groups in total. The minimum atomic E-state index is -2.83. The lowest BCUT2D eigenvalue weighted by Gasteiger charge is -1.99. The molecule has 3 nitrogen and oxygen atoms in total. The van der Waals surface area contributed by atoms with Gasteiger partial charge in [0.05, 0.1) is 5.70 Å². The number of carbonyl (C=O) groups excluding carboxylic acids is 1. The first kappa shape index (κ1) is 10.6. The molecule has 0 aromatic carbocycles. The van der Waals surface area contributed by atoms with Gasteiger partial charge in [0.25, 0.3) is 6.43 Å². The van der Waals surface area contributed by atoms with Gasteiger partial charge in [-0.1, -0.05) is 12.7 Å². The van der Waals surface area contributed by atoms with Gasteiger partial charge in [-0.3, -0.25) is 0 Å². The van der Waals surface area contributed by atoms with E-state index in [2.05, 4.69) is 11.3 Å². The van der Waals surface area contributed by atoms with Crippen LogP contribution in [0.15, 0.2) is 24.4 Å². The number of ether oxygens (including phenoxy) is 1. The van der Waals surface area contributed by atoms with Crippen LogP contribution in [0.1, 0.15) is 0 Å². The van der Waals surface area contributed by atoms with Crippen LogP contribution in [-0.4, -0.2) is 19.0 Å². The van der Waals surface area contributed by atoms with E-state index in [9.17, 15) is 13.6 Å². The fourth-order valence-corrected chi connectivity index (χ4v) is 0.382. The maximum Gasteiger partial charge on any atom is 0.333 e. The lowest BCUT2D eigenvalue weighted by atomic mass is 10.4. The van der Waals surface area contributed by atoms with Gasteiger partial charge in [-0.05, 0) is 0 Å². The van der Waals surface area contributed by atoms with Crippen molar-refractivity contribution < 1.29 is 18.3 Å². The summed E-state index contributed by atoms with van der Waals surface area (Å²) in [6.07, 6.45) is -0.959. The van der Waals surface area contributed by atoms with Crippen molar-refractivity contribution in [2.45, 2.75) is 6.43 Å². The first-order valence-corrected chi connectivity index (χ1v) is 3.10. The molecule has 0 radical (unpaired) electrons. The van der Waals surface area contributed by atoms with Crippen LogP contribution in [0.4, 0.5) is 8.78 Å². The predicted octanol–water partition coefficient (Wildman–Crippen LogP) is 0.823. The second-order valence-electron chi connectivity index (χ2n) is 1.86. The van der Waals surface area contributed by atoms with Crippen LogP contribution < -0.4 is 5.73 Å². The lowest BCUT2D eigenvalue weighted by molar-refractivity contribution is -0.136. The Morgan fingerprint density at radius 1 is 1.67 bits per heavy atom. The standard InChI is InChI=1S/C7H9F2NO2/c1-2-3-12-6(11)4-5(10)7(8)9/h2,4,7H,1,3,10H2/b5-4-. The van der Waals surface area contributed by atoms with E-state index < -0.39 is 18.1 Å². The van der Waals surface area contributed by atoms with E-state index in [0.29, 0.717) is 6.08 Å². The first-order valence-electron chi connectivity index (χ1n) is 3.10. The summed E-state index contributed by atoms with van der Waals surface area (Å²) in [6.45, 7) is 3.25. The van der Waals surface area contributed by atoms with E-state index >= 15 is 0 Å². The molecular formula is C7H9F2NO2. The highest BCUT2D eigenvalue weighted by atomic mass is 19.3. The Kier molecular flexibility index (Phi) is 4.67. The van der Waals surface area contributed by atoms with Crippen LogP contribution >= 0.6 is 0 Å². The molecule has 0 atom stereocenters. The Labute approximate surface area is 68.5 Å². The molecule has 0 aliphatic rings. The normalized spacial score (nSPS) is 11.4. The number of allylic oxidation sites excluding steroid dienone is 1. The molecule has 0 aromatic heterocycles. The number of carbonyl (C=O) groups is 1. The Bertz CT molecular complexity index is 202. The Morgan fingerprint density at radius 2 is 2.25 bits per heavy atom. The molecule has 0 rings (SSSR count). The van der Waals surface area contributed by atoms with Crippen LogP contribution in [0, 0.1) is 0 Å². The third-order valence-corrected chi connectivity index (χ3v) is 0.880. The maximum absolute atomic E-state index is 11.7. The zero-order chi connectivity index (χ0) is 9.56. The summed E-state index contributed by atoms with van der Waals surface area (Å²) in [5, 5.41) is 0. The topological polar surface area (TPSA) is 52.3 Å². The number of hydrogen-bond acceptors (Lipinski definition) is 3. The molecule has 0 aromatic rings. The molecule has 5 heteroatoms. The van der Waals surface area contributed by atoms with Crippen LogP contribution in [0.3, 0.4) is 0 Å². The monoisotopic (exact) mass is 177 g/mol. The largest absolute Gasteiger partial charge is 0.458 e. The van der Waals surface area contributed by atoms with Crippen molar-refractivity contribution in [1.82, 2.24) is 0 Å². The molecule has 0 heterocycles. The summed E-state index contributed by atoms with van der Waals surface area (Å²) in [5.74, 6) is -0.896. The van der Waals surface area contributed by atoms with Crippen molar-refractivity contribution in [3.63, 3.8) is 0 Å². The van der Waals surface area contributed by atoms with Gasteiger partial charge in [0.2, 0.25) is 0 Å². The van der Waals surface area contributed by atoms with Crippen molar-refractivity contribution >= 4 is 5.97 Å². The molecule has 12 heavy (non-hydrogen) atoms. The van der Waals surface area contributed by atoms with Crippen LogP contribution in [-0.2, 0) is 9.53 Å². The smallest absolute Gasteiger partial charge is 0.333 e. The van der Waals surface area contributed by atoms with Crippen molar-refractivity contribution in [3.8, 4) is 0 Å². The van der Waals surface area contributed by atoms with Gasteiger partial charge in [-0.25, -0.2) is 13.6 Å². The molecule has 0 fully saturated rings. The Hall–Kier alpha value is -1.39. The maximum atomic E-state index is 11.7. The highest BCUT2D eigenvalue weighted by Gasteiger charge is 2.08. The number of halogens is 2. The van der Waals surface area contributed by atoms with Gasteiger partial charge in [0.1, 0.15) is 6.61 Å². The third-order valence-electron chi connectivity index (χ3n) is 0.880. The molecule has 0 aliphatic carbocycles. The molecule has 0 aliphatic heterocycles. The van der Waals surface area contributed by atoms with Gasteiger partial charge in [-0.15, -0.1) is 0 Å². The summed E-state index contributed by atoms with van der Waals surface area (Å²) in [4.78, 5) is 10.6. The number of rotatable bonds is 4. The highest BCUT2D eigenvalue weighted by Crippen LogP contribution is 2.01. The first-order chi connectivity index (χ1) is 5.57. The molecule has 0 unspecified atom stereocenters. The van der Waals surface area contributed by atoms with E-state index in [4.69, 9.17) is 5.73 Å². The predicted molar refractivity (Wildman–Crippen MR) is 39.4 cm³/mol. The Balaban J connectivity index is 3.96. The molecule has 0 amide bonds. The quantitative estimate of drug-likeness (QED) is 0.393. The number of esters is 1. The number of hydrogen-bond donors (Lipinski definition) is 1. The third kappa shape index (κ3) is 4.43. The van der Waals surface area contributed by atoms with Crippen molar-refractivity contribution in [3.05, 3.63) is 24.4 Å². The summed E-state index contributed by atoms with van der Waals surface area (Å²) in [5.41, 5.74) is 3.97. The second kappa shape index (κ2) is 5.29.